The zero-order valence-corrected chi connectivity index (χ0v) is 33.6. The largest absolute Gasteiger partial charge is 0.493 e. The summed E-state index contributed by atoms with van der Waals surface area (Å²) in [5.41, 5.74) is 6.99. The van der Waals surface area contributed by atoms with Crippen LogP contribution in [0.1, 0.15) is 48.7 Å². The van der Waals surface area contributed by atoms with Gasteiger partial charge in [-0.2, -0.15) is 0 Å². The van der Waals surface area contributed by atoms with Crippen LogP contribution in [0.5, 0.6) is 34.5 Å². The zero-order chi connectivity index (χ0) is 38.9. The Labute approximate surface area is 331 Å². The highest BCUT2D eigenvalue weighted by Crippen LogP contribution is 2.36. The molecular formula is C40H46N6O8S2. The number of hydrogen-bond acceptors (Lipinski definition) is 13. The number of fused-ring (bicyclic) bond motifs is 4. The molecule has 0 spiro atoms. The van der Waals surface area contributed by atoms with Gasteiger partial charge in [0.25, 0.3) is 0 Å². The smallest absolute Gasteiger partial charge is 0.197 e. The van der Waals surface area contributed by atoms with E-state index in [9.17, 15) is 4.21 Å². The first-order valence-corrected chi connectivity index (χ1v) is 20.9. The Kier molecular flexibility index (Phi) is 13.1. The predicted molar refractivity (Wildman–Crippen MR) is 214 cm³/mol. The van der Waals surface area contributed by atoms with Crippen molar-refractivity contribution in [1.29, 1.82) is 0 Å². The highest BCUT2D eigenvalue weighted by Gasteiger charge is 2.19. The summed E-state index contributed by atoms with van der Waals surface area (Å²) in [6.45, 7) is 10.3. The van der Waals surface area contributed by atoms with Crippen LogP contribution in [-0.2, 0) is 27.0 Å². The lowest BCUT2D eigenvalue weighted by Crippen LogP contribution is -2.15. The van der Waals surface area contributed by atoms with Crippen LogP contribution in [0, 0.1) is 13.8 Å². The molecule has 16 heteroatoms. The van der Waals surface area contributed by atoms with Crippen molar-refractivity contribution in [2.75, 3.05) is 53.4 Å². The van der Waals surface area contributed by atoms with Gasteiger partial charge >= 0.3 is 0 Å². The number of imidazole rings is 2. The Hall–Kier alpha value is -5.06. The first kappa shape index (κ1) is 39.2. The lowest BCUT2D eigenvalue weighted by molar-refractivity contribution is 0.172. The number of nitrogens with zero attached hydrogens (tertiary/aromatic N) is 4. The normalized spacial score (nSPS) is 13.6. The summed E-state index contributed by atoms with van der Waals surface area (Å²) in [6, 6.07) is 11.3. The number of thioether (sulfide) groups is 1. The summed E-state index contributed by atoms with van der Waals surface area (Å²) in [5, 5.41) is 1.25. The number of aromatic nitrogens is 6. The van der Waals surface area contributed by atoms with Crippen molar-refractivity contribution >= 4 is 44.6 Å². The van der Waals surface area contributed by atoms with Gasteiger partial charge in [-0.05, 0) is 32.4 Å². The third-order valence-corrected chi connectivity index (χ3v) is 11.1. The molecule has 14 nitrogen and oxygen atoms in total. The van der Waals surface area contributed by atoms with Gasteiger partial charge in [-0.25, -0.2) is 9.97 Å². The lowest BCUT2D eigenvalue weighted by atomic mass is 10.2. The van der Waals surface area contributed by atoms with Gasteiger partial charge in [0.05, 0.1) is 63.2 Å². The van der Waals surface area contributed by atoms with Crippen LogP contribution in [0.4, 0.5) is 0 Å². The molecule has 1 atom stereocenters. The van der Waals surface area contributed by atoms with E-state index in [2.05, 4.69) is 43.8 Å². The number of ether oxygens (including phenoxy) is 7. The van der Waals surface area contributed by atoms with Gasteiger partial charge in [-0.3, -0.25) is 14.2 Å². The van der Waals surface area contributed by atoms with Crippen molar-refractivity contribution in [2.24, 2.45) is 0 Å². The van der Waals surface area contributed by atoms with E-state index in [-0.39, 0.29) is 5.75 Å². The number of benzene rings is 2. The molecule has 2 aromatic carbocycles. The fourth-order valence-corrected chi connectivity index (χ4v) is 8.00. The van der Waals surface area contributed by atoms with Crippen molar-refractivity contribution in [3.63, 3.8) is 0 Å². The third-order valence-electron chi connectivity index (χ3n) is 9.10. The number of H-pyrrole nitrogens is 2. The molecule has 0 saturated heterocycles. The Morgan fingerprint density at radius 2 is 1.29 bits per heavy atom. The number of hydrogen-bond donors (Lipinski definition) is 2. The molecular weight excluding hydrogens is 757 g/mol. The SMILES string of the molecule is CCCCOc1ccnc(CSc2nc3cc4c(cc3[nH]2)OCCO4)c1C.COCCCOc1ccnc(CS(=O)c2nc3cc4c(cc3[nH]2)OCCO4)c1C. The van der Waals surface area contributed by atoms with Crippen LogP contribution in [0.25, 0.3) is 22.1 Å². The number of methoxy groups -OCH3 is 1. The van der Waals surface area contributed by atoms with E-state index in [0.29, 0.717) is 61.8 Å². The molecule has 0 fully saturated rings. The van der Waals surface area contributed by atoms with Crippen LogP contribution in [0.15, 0.2) is 59.1 Å². The maximum absolute atomic E-state index is 12.9. The predicted octanol–water partition coefficient (Wildman–Crippen LogP) is 7.27. The standard InChI is InChI=1S/C20H23N3O5S.C20H23N3O3S/c1-13-16(21-5-4-17(13)26-7-3-6-25-2)12-29(24)20-22-14-10-18-19(11-15(14)23-20)28-9-8-27-18;1-3-4-7-24-17-5-6-21-16(13(17)2)12-27-20-22-14-10-18-19(11-15(14)23-20)26-9-8-25-18/h4-5,10-11H,3,6-9,12H2,1-2H3,(H,22,23);5-6,10-11H,3-4,7-9,12H2,1-2H3,(H,22,23). The van der Waals surface area contributed by atoms with Gasteiger partial charge in [-0.1, -0.05) is 25.1 Å². The van der Waals surface area contributed by atoms with E-state index >= 15 is 0 Å². The summed E-state index contributed by atoms with van der Waals surface area (Å²) in [5.74, 6) is 5.48. The molecule has 0 aliphatic carbocycles. The number of unbranched alkanes of at least 4 members (excludes halogenated alkanes) is 1. The molecule has 8 rings (SSSR count). The summed E-state index contributed by atoms with van der Waals surface area (Å²) in [6.07, 6.45) is 6.47. The van der Waals surface area contributed by atoms with Crippen LogP contribution < -0.4 is 28.4 Å². The highest BCUT2D eigenvalue weighted by atomic mass is 32.2. The molecule has 0 radical (unpaired) electrons. The number of nitrogens with one attached hydrogen (secondary N) is 2. The van der Waals surface area contributed by atoms with Gasteiger partial charge in [0.2, 0.25) is 0 Å². The number of aromatic amines is 2. The Balaban J connectivity index is 0.000000172. The second kappa shape index (κ2) is 18.7. The van der Waals surface area contributed by atoms with Crippen molar-refractivity contribution in [3.8, 4) is 34.5 Å². The average molecular weight is 803 g/mol. The minimum atomic E-state index is -1.38. The number of rotatable bonds is 15. The first-order valence-electron chi connectivity index (χ1n) is 18.6. The summed E-state index contributed by atoms with van der Waals surface area (Å²) < 4.78 is 52.1. The molecule has 0 bridgehead atoms. The summed E-state index contributed by atoms with van der Waals surface area (Å²) in [7, 11) is 0.283. The highest BCUT2D eigenvalue weighted by molar-refractivity contribution is 7.98. The van der Waals surface area contributed by atoms with Crippen LogP contribution in [0.3, 0.4) is 0 Å². The lowest BCUT2D eigenvalue weighted by Gasteiger charge is -2.17. The van der Waals surface area contributed by atoms with E-state index in [1.54, 1.807) is 31.1 Å². The van der Waals surface area contributed by atoms with Crippen LogP contribution >= 0.6 is 11.8 Å². The monoisotopic (exact) mass is 802 g/mol. The molecule has 6 heterocycles. The molecule has 0 saturated carbocycles. The summed E-state index contributed by atoms with van der Waals surface area (Å²) in [4.78, 5) is 24.5. The summed E-state index contributed by atoms with van der Waals surface area (Å²) >= 11 is 1.63. The van der Waals surface area contributed by atoms with E-state index < -0.39 is 10.8 Å². The Morgan fingerprint density at radius 1 is 0.732 bits per heavy atom. The topological polar surface area (TPSA) is 165 Å². The molecule has 2 aliphatic rings. The van der Waals surface area contributed by atoms with E-state index in [4.69, 9.17) is 33.2 Å². The fraction of sp³-hybridized carbons (Fsp3) is 0.400. The fourth-order valence-electron chi connectivity index (χ4n) is 5.99. The molecule has 1 unspecified atom stereocenters. The van der Waals surface area contributed by atoms with Gasteiger partial charge in [0, 0.05) is 73.7 Å². The van der Waals surface area contributed by atoms with E-state index in [0.717, 1.165) is 98.8 Å². The maximum Gasteiger partial charge on any atom is 0.197 e. The molecule has 4 aromatic heterocycles. The maximum atomic E-state index is 12.9. The zero-order valence-electron chi connectivity index (χ0n) is 32.0. The second-order valence-electron chi connectivity index (χ2n) is 13.0. The quantitative estimate of drug-likeness (QED) is 0.0788. The van der Waals surface area contributed by atoms with Crippen LogP contribution in [-0.4, -0.2) is 87.5 Å². The second-order valence-corrected chi connectivity index (χ2v) is 15.4. The molecule has 6 aromatic rings. The third kappa shape index (κ3) is 9.48. The molecule has 0 amide bonds. The van der Waals surface area contributed by atoms with E-state index in [1.807, 2.05) is 43.5 Å². The first-order chi connectivity index (χ1) is 27.4. The Morgan fingerprint density at radius 3 is 1.91 bits per heavy atom. The van der Waals surface area contributed by atoms with Crippen molar-refractivity contribution < 1.29 is 37.4 Å². The number of pyridine rings is 2. The molecule has 2 N–H and O–H groups in total. The van der Waals surface area contributed by atoms with Crippen molar-refractivity contribution in [3.05, 3.63) is 71.3 Å². The minimum absolute atomic E-state index is 0.244. The molecule has 296 valence electrons. The van der Waals surface area contributed by atoms with Crippen molar-refractivity contribution in [1.82, 2.24) is 29.9 Å². The van der Waals surface area contributed by atoms with E-state index in [1.165, 1.54) is 0 Å². The van der Waals surface area contributed by atoms with Gasteiger partial charge in [0.1, 0.15) is 37.9 Å². The van der Waals surface area contributed by atoms with Gasteiger partial charge in [0.15, 0.2) is 33.3 Å². The molecule has 2 aliphatic heterocycles. The van der Waals surface area contributed by atoms with Crippen molar-refractivity contribution in [2.45, 2.75) is 61.9 Å². The Bertz CT molecular complexity index is 2210. The van der Waals surface area contributed by atoms with Gasteiger partial charge in [-0.15, -0.1) is 0 Å². The minimum Gasteiger partial charge on any atom is -0.493 e. The molecule has 56 heavy (non-hydrogen) atoms. The van der Waals surface area contributed by atoms with Gasteiger partial charge < -0.3 is 43.1 Å². The van der Waals surface area contributed by atoms with Crippen LogP contribution in [0.2, 0.25) is 0 Å². The average Bonchev–Trinajstić information content (AvgIpc) is 3.82.